The molecule has 0 aliphatic heterocycles. The molecule has 0 aromatic heterocycles. The summed E-state index contributed by atoms with van der Waals surface area (Å²) in [6.45, 7) is 3.65. The molecule has 0 saturated carbocycles. The number of hydrogen-bond donors (Lipinski definition) is 0. The summed E-state index contributed by atoms with van der Waals surface area (Å²) in [6, 6.07) is 0. The fourth-order valence-corrected chi connectivity index (χ4v) is 3.51. The Bertz CT molecular complexity index is 209. The van der Waals surface area contributed by atoms with Crippen molar-refractivity contribution < 1.29 is 19.1 Å². The highest BCUT2D eigenvalue weighted by Gasteiger charge is 2.15. The van der Waals surface area contributed by atoms with Gasteiger partial charge in [-0.3, -0.25) is 9.59 Å². The minimum absolute atomic E-state index is 0.115. The molecule has 0 rings (SSSR count). The maximum atomic E-state index is 11.1. The Labute approximate surface area is 104 Å². The van der Waals surface area contributed by atoms with E-state index in [1.54, 1.807) is 21.6 Å². The Kier molecular flexibility index (Phi) is 8.56. The SMILES string of the molecule is COC(=O)[C@H](C)CSSC[C@@H](C)C(=O)OC. The molecule has 0 unspecified atom stereocenters. The lowest BCUT2D eigenvalue weighted by atomic mass is 10.2. The van der Waals surface area contributed by atoms with Gasteiger partial charge in [0.25, 0.3) is 0 Å². The van der Waals surface area contributed by atoms with Crippen LogP contribution in [0.3, 0.4) is 0 Å². The molecule has 0 aromatic rings. The molecule has 0 heterocycles. The third kappa shape index (κ3) is 6.27. The van der Waals surface area contributed by atoms with Crippen LogP contribution in [-0.2, 0) is 19.1 Å². The molecule has 0 aliphatic carbocycles. The molecule has 0 amide bonds. The highest BCUT2D eigenvalue weighted by Crippen LogP contribution is 2.26. The van der Waals surface area contributed by atoms with Crippen molar-refractivity contribution in [2.75, 3.05) is 25.7 Å². The molecule has 16 heavy (non-hydrogen) atoms. The standard InChI is InChI=1S/C10H18O4S2/c1-7(9(11)13-3)5-15-16-6-8(2)10(12)14-4/h7-8H,5-6H2,1-4H3/t7-,8-/m1/s1. The molecule has 0 radical (unpaired) electrons. The Morgan fingerprint density at radius 3 is 1.50 bits per heavy atom. The van der Waals surface area contributed by atoms with Gasteiger partial charge in [-0.25, -0.2) is 0 Å². The molecular formula is C10H18O4S2. The summed E-state index contributed by atoms with van der Waals surface area (Å²) in [4.78, 5) is 22.2. The molecule has 0 N–H and O–H groups in total. The van der Waals surface area contributed by atoms with Gasteiger partial charge in [0.2, 0.25) is 0 Å². The van der Waals surface area contributed by atoms with Gasteiger partial charge in [0.15, 0.2) is 0 Å². The monoisotopic (exact) mass is 266 g/mol. The first-order valence-corrected chi connectivity index (χ1v) is 7.41. The Hall–Kier alpha value is -0.360. The third-order valence-corrected chi connectivity index (χ3v) is 4.68. The van der Waals surface area contributed by atoms with Crippen molar-refractivity contribution in [3.63, 3.8) is 0 Å². The van der Waals surface area contributed by atoms with Gasteiger partial charge >= 0.3 is 11.9 Å². The highest BCUT2D eigenvalue weighted by atomic mass is 33.1. The van der Waals surface area contributed by atoms with Crippen LogP contribution in [0, 0.1) is 11.8 Å². The predicted octanol–water partition coefficient (Wildman–Crippen LogP) is 1.99. The number of methoxy groups -OCH3 is 2. The van der Waals surface area contributed by atoms with Crippen LogP contribution in [0.5, 0.6) is 0 Å². The van der Waals surface area contributed by atoms with Crippen molar-refractivity contribution in [1.29, 1.82) is 0 Å². The Morgan fingerprint density at radius 2 is 1.25 bits per heavy atom. The molecular weight excluding hydrogens is 248 g/mol. The molecule has 4 nitrogen and oxygen atoms in total. The van der Waals surface area contributed by atoms with Crippen molar-refractivity contribution >= 4 is 33.5 Å². The first-order valence-electron chi connectivity index (χ1n) is 4.93. The number of carbonyl (C=O) groups excluding carboxylic acids is 2. The van der Waals surface area contributed by atoms with Crippen LogP contribution in [0.15, 0.2) is 0 Å². The number of ether oxygens (including phenoxy) is 2. The van der Waals surface area contributed by atoms with Crippen molar-refractivity contribution in [3.8, 4) is 0 Å². The first kappa shape index (κ1) is 15.6. The Morgan fingerprint density at radius 1 is 0.938 bits per heavy atom. The normalized spacial score (nSPS) is 14.0. The summed E-state index contributed by atoms with van der Waals surface area (Å²) in [7, 11) is 5.91. The van der Waals surface area contributed by atoms with Gasteiger partial charge in [-0.05, 0) is 0 Å². The van der Waals surface area contributed by atoms with Crippen molar-refractivity contribution in [2.45, 2.75) is 13.8 Å². The molecule has 0 aromatic carbocycles. The lowest BCUT2D eigenvalue weighted by molar-refractivity contribution is -0.144. The molecule has 0 spiro atoms. The molecule has 0 aliphatic rings. The van der Waals surface area contributed by atoms with Crippen LogP contribution >= 0.6 is 21.6 Å². The number of esters is 2. The fourth-order valence-electron chi connectivity index (χ4n) is 0.839. The van der Waals surface area contributed by atoms with Crippen molar-refractivity contribution in [3.05, 3.63) is 0 Å². The lowest BCUT2D eigenvalue weighted by Gasteiger charge is -2.10. The van der Waals surface area contributed by atoms with Gasteiger partial charge < -0.3 is 9.47 Å². The second-order valence-corrected chi connectivity index (χ2v) is 5.97. The van der Waals surface area contributed by atoms with E-state index >= 15 is 0 Å². The van der Waals surface area contributed by atoms with E-state index in [1.807, 2.05) is 13.8 Å². The van der Waals surface area contributed by atoms with E-state index in [0.717, 1.165) is 0 Å². The zero-order chi connectivity index (χ0) is 12.6. The van der Waals surface area contributed by atoms with Crippen LogP contribution < -0.4 is 0 Å². The molecule has 0 saturated heterocycles. The van der Waals surface area contributed by atoms with Crippen LogP contribution in [0.2, 0.25) is 0 Å². The summed E-state index contributed by atoms with van der Waals surface area (Å²) in [6.07, 6.45) is 0. The van der Waals surface area contributed by atoms with Gasteiger partial charge in [0, 0.05) is 11.5 Å². The molecule has 0 fully saturated rings. The van der Waals surface area contributed by atoms with Gasteiger partial charge in [0.05, 0.1) is 26.1 Å². The summed E-state index contributed by atoms with van der Waals surface area (Å²) in [5.74, 6) is 0.742. The largest absolute Gasteiger partial charge is 0.469 e. The maximum Gasteiger partial charge on any atom is 0.309 e. The van der Waals surface area contributed by atoms with Gasteiger partial charge in [-0.2, -0.15) is 0 Å². The lowest BCUT2D eigenvalue weighted by Crippen LogP contribution is -2.16. The Balaban J connectivity index is 3.60. The van der Waals surface area contributed by atoms with E-state index in [4.69, 9.17) is 0 Å². The van der Waals surface area contributed by atoms with E-state index in [9.17, 15) is 9.59 Å². The van der Waals surface area contributed by atoms with E-state index < -0.39 is 0 Å². The van der Waals surface area contributed by atoms with Crippen LogP contribution in [0.25, 0.3) is 0 Å². The minimum Gasteiger partial charge on any atom is -0.469 e. The topological polar surface area (TPSA) is 52.6 Å². The third-order valence-electron chi connectivity index (χ3n) is 1.93. The second kappa shape index (κ2) is 8.75. The van der Waals surface area contributed by atoms with E-state index in [2.05, 4.69) is 9.47 Å². The van der Waals surface area contributed by atoms with Crippen LogP contribution in [0.1, 0.15) is 13.8 Å². The smallest absolute Gasteiger partial charge is 0.309 e. The van der Waals surface area contributed by atoms with E-state index in [-0.39, 0.29) is 23.8 Å². The molecule has 0 bridgehead atoms. The number of carbonyl (C=O) groups is 2. The number of rotatable bonds is 7. The summed E-state index contributed by atoms with van der Waals surface area (Å²) >= 11 is 0. The van der Waals surface area contributed by atoms with Crippen LogP contribution in [-0.4, -0.2) is 37.7 Å². The van der Waals surface area contributed by atoms with E-state index in [1.165, 1.54) is 14.2 Å². The highest BCUT2D eigenvalue weighted by molar-refractivity contribution is 8.76. The maximum absolute atomic E-state index is 11.1. The summed E-state index contributed by atoms with van der Waals surface area (Å²) < 4.78 is 9.22. The van der Waals surface area contributed by atoms with Gasteiger partial charge in [-0.15, -0.1) is 0 Å². The van der Waals surface area contributed by atoms with Crippen LogP contribution in [0.4, 0.5) is 0 Å². The second-order valence-electron chi connectivity index (χ2n) is 3.42. The quantitative estimate of drug-likeness (QED) is 0.399. The molecule has 2 atom stereocenters. The van der Waals surface area contributed by atoms with Gasteiger partial charge in [-0.1, -0.05) is 35.4 Å². The number of hydrogen-bond acceptors (Lipinski definition) is 6. The first-order chi connectivity index (χ1) is 7.52. The fraction of sp³-hybridized carbons (Fsp3) is 0.800. The van der Waals surface area contributed by atoms with Crippen molar-refractivity contribution in [2.24, 2.45) is 11.8 Å². The predicted molar refractivity (Wildman–Crippen MR) is 67.3 cm³/mol. The minimum atomic E-state index is -0.200. The average molecular weight is 266 g/mol. The summed E-state index contributed by atoms with van der Waals surface area (Å²) in [5, 5.41) is 0. The average Bonchev–Trinajstić information content (AvgIpc) is 2.31. The molecule has 6 heteroatoms. The zero-order valence-electron chi connectivity index (χ0n) is 10.0. The summed E-state index contributed by atoms with van der Waals surface area (Å²) in [5.41, 5.74) is 0. The van der Waals surface area contributed by atoms with Gasteiger partial charge in [0.1, 0.15) is 0 Å². The zero-order valence-corrected chi connectivity index (χ0v) is 11.7. The molecule has 94 valence electrons. The van der Waals surface area contributed by atoms with E-state index in [0.29, 0.717) is 11.5 Å². The van der Waals surface area contributed by atoms with Crippen molar-refractivity contribution in [1.82, 2.24) is 0 Å².